The van der Waals surface area contributed by atoms with Crippen LogP contribution < -0.4 is 24.7 Å². The number of thiol groups is 1. The van der Waals surface area contributed by atoms with Gasteiger partial charge >= 0.3 is 0 Å². The summed E-state index contributed by atoms with van der Waals surface area (Å²) >= 11 is 10.1. The van der Waals surface area contributed by atoms with Gasteiger partial charge in [0, 0.05) is 88.1 Å². The lowest BCUT2D eigenvalue weighted by molar-refractivity contribution is -0.955. The quantitative estimate of drug-likeness (QED) is 0.0280. The van der Waals surface area contributed by atoms with Gasteiger partial charge in [0.2, 0.25) is 0 Å². The van der Waals surface area contributed by atoms with E-state index in [4.69, 9.17) is 26.1 Å². The number of fused-ring (bicyclic) bond motifs is 1. The number of hydrogen-bond donors (Lipinski definition) is 3. The lowest BCUT2D eigenvalue weighted by atomic mass is 9.76. The Morgan fingerprint density at radius 3 is 2.35 bits per heavy atom. The minimum absolute atomic E-state index is 0.0845. The Morgan fingerprint density at radius 1 is 0.972 bits per heavy atom. The smallest absolute Gasteiger partial charge is 0.275 e. The molecule has 2 saturated heterocycles. The molecule has 0 radical (unpaired) electrons. The van der Waals surface area contributed by atoms with Gasteiger partial charge in [-0.05, 0) is 108 Å². The van der Waals surface area contributed by atoms with Crippen molar-refractivity contribution in [1.82, 2.24) is 19.8 Å². The van der Waals surface area contributed by atoms with E-state index >= 15 is 0 Å². The first-order valence-electron chi connectivity index (χ1n) is 25.2. The van der Waals surface area contributed by atoms with E-state index in [0.717, 1.165) is 117 Å². The van der Waals surface area contributed by atoms with Crippen LogP contribution in [0, 0.1) is 17.2 Å². The molecule has 380 valence electrons. The van der Waals surface area contributed by atoms with Crippen LogP contribution in [-0.4, -0.2) is 118 Å². The molecule has 1 amide bonds. The monoisotopic (exact) mass is 1010 g/mol. The molecule has 2 atom stereocenters. The van der Waals surface area contributed by atoms with Gasteiger partial charge in [0.15, 0.2) is 5.78 Å². The molecule has 0 spiro atoms. The molecule has 3 aliphatic heterocycles. The molecule has 4 heterocycles. The Balaban J connectivity index is 0.943. The summed E-state index contributed by atoms with van der Waals surface area (Å²) in [5.41, 5.74) is 9.53. The maximum absolute atomic E-state index is 13.5. The van der Waals surface area contributed by atoms with E-state index in [1.807, 2.05) is 37.3 Å². The molecule has 3 aliphatic rings. The number of anilines is 3. The number of halogens is 1. The van der Waals surface area contributed by atoms with Gasteiger partial charge in [0.05, 0.1) is 23.0 Å². The molecule has 71 heavy (non-hydrogen) atoms. The summed E-state index contributed by atoms with van der Waals surface area (Å²) in [5, 5.41) is 20.4. The van der Waals surface area contributed by atoms with Gasteiger partial charge in [-0.2, -0.15) is 20.9 Å². The van der Waals surface area contributed by atoms with Crippen molar-refractivity contribution in [3.63, 3.8) is 0 Å². The first kappa shape index (κ1) is 53.4. The van der Waals surface area contributed by atoms with E-state index in [1.165, 1.54) is 14.0 Å². The highest BCUT2D eigenvalue weighted by molar-refractivity contribution is 7.74. The summed E-state index contributed by atoms with van der Waals surface area (Å²) in [6.45, 7) is 17.1. The molecule has 0 saturated carbocycles. The Kier molecular flexibility index (Phi) is 17.9. The van der Waals surface area contributed by atoms with Crippen LogP contribution in [0.3, 0.4) is 0 Å². The van der Waals surface area contributed by atoms with Crippen LogP contribution in [0.5, 0.6) is 11.5 Å². The summed E-state index contributed by atoms with van der Waals surface area (Å²) in [7, 11) is 1.47. The molecule has 2 fully saturated rings. The first-order chi connectivity index (χ1) is 34.0. The Morgan fingerprint density at radius 2 is 1.70 bits per heavy atom. The van der Waals surface area contributed by atoms with Crippen LogP contribution >= 0.6 is 24.4 Å². The lowest BCUT2D eigenvalue weighted by Crippen LogP contribution is -2.49. The first-order valence-corrected chi connectivity index (χ1v) is 26.1. The number of benzene rings is 3. The van der Waals surface area contributed by atoms with Gasteiger partial charge in [-0.1, -0.05) is 52.3 Å². The fourth-order valence-corrected chi connectivity index (χ4v) is 10.3. The number of nitrogens with zero attached hydrogens (tertiary/aromatic N) is 8. The second-order valence-corrected chi connectivity index (χ2v) is 21.0. The number of piperidine rings is 1. The van der Waals surface area contributed by atoms with Gasteiger partial charge in [-0.25, -0.2) is 4.98 Å². The maximum atomic E-state index is 13.5. The van der Waals surface area contributed by atoms with Gasteiger partial charge in [0.25, 0.3) is 11.9 Å². The molecular formula is C54H71ClN9O6S+. The largest absolute Gasteiger partial charge is 0.491 e. The predicted octanol–water partition coefficient (Wildman–Crippen LogP) is 8.93. The number of nitrogens with one attached hydrogen (secondary N) is 1. The third-order valence-electron chi connectivity index (χ3n) is 14.1. The van der Waals surface area contributed by atoms with E-state index in [2.05, 4.69) is 89.0 Å². The van der Waals surface area contributed by atoms with Crippen molar-refractivity contribution in [3.05, 3.63) is 99.7 Å². The van der Waals surface area contributed by atoms with Crippen molar-refractivity contribution in [2.24, 2.45) is 5.92 Å². The third kappa shape index (κ3) is 13.4. The third-order valence-corrected chi connectivity index (χ3v) is 14.4. The Labute approximate surface area is 430 Å². The highest BCUT2D eigenvalue weighted by Crippen LogP contribution is 2.38. The Hall–Kier alpha value is -5.44. The molecule has 17 heteroatoms. The summed E-state index contributed by atoms with van der Waals surface area (Å²) in [6, 6.07) is 20.0. The summed E-state index contributed by atoms with van der Waals surface area (Å²) in [5.74, 6) is 3.10. The number of aromatic nitrogens is 2. The van der Waals surface area contributed by atoms with Crippen molar-refractivity contribution in [2.45, 2.75) is 111 Å². The number of nitriles is 1. The fourth-order valence-electron chi connectivity index (χ4n) is 10.2. The van der Waals surface area contributed by atoms with Crippen molar-refractivity contribution in [1.29, 1.82) is 5.26 Å². The van der Waals surface area contributed by atoms with Crippen LogP contribution in [0.1, 0.15) is 123 Å². The average molecular weight is 1010 g/mol. The molecule has 15 nitrogen and oxygen atoms in total. The number of hydrogen-bond acceptors (Lipinski definition) is 14. The molecule has 3 aromatic carbocycles. The lowest BCUT2D eigenvalue weighted by Gasteiger charge is -2.40. The minimum Gasteiger partial charge on any atom is -0.491 e. The number of piperazine rings is 1. The van der Waals surface area contributed by atoms with Crippen molar-refractivity contribution in [2.75, 3.05) is 80.6 Å². The molecular weight excluding hydrogens is 938 g/mol. The minimum atomic E-state index is -0.827. The van der Waals surface area contributed by atoms with Crippen LogP contribution in [0.4, 0.5) is 17.5 Å². The SMILES string of the molecule is CCCC(=O)CCC(C(C)=O)N1Cc2cc(N3CCN(CC4CCN(c5nc(N[N+](C)(O)S)ncc5COc5ccc(C(C)(C)c6cc(C#N)c(OCCCl)c(CCC)c6)cc5)CC4)CC3)ccc2C1=O. The topological polar surface area (TPSA) is 164 Å². The number of aryl methyl sites for hydroxylation is 1. The van der Waals surface area contributed by atoms with Crippen LogP contribution in [0.25, 0.3) is 0 Å². The van der Waals surface area contributed by atoms with Gasteiger partial charge in [-0.15, -0.1) is 11.6 Å². The molecule has 0 bridgehead atoms. The van der Waals surface area contributed by atoms with Crippen LogP contribution in [0.15, 0.2) is 60.8 Å². The zero-order chi connectivity index (χ0) is 50.9. The predicted molar refractivity (Wildman–Crippen MR) is 280 cm³/mol. The summed E-state index contributed by atoms with van der Waals surface area (Å²) in [6.07, 6.45) is 7.38. The maximum Gasteiger partial charge on any atom is 0.275 e. The highest BCUT2D eigenvalue weighted by Gasteiger charge is 2.36. The molecule has 4 aromatic rings. The highest BCUT2D eigenvalue weighted by atomic mass is 35.5. The summed E-state index contributed by atoms with van der Waals surface area (Å²) in [4.78, 5) is 56.6. The van der Waals surface area contributed by atoms with Gasteiger partial charge < -0.3 is 24.2 Å². The average Bonchev–Trinajstić information content (AvgIpc) is 3.67. The number of ether oxygens (including phenoxy) is 2. The van der Waals surface area contributed by atoms with Crippen LogP contribution in [-0.2, 0) is 34.6 Å². The summed E-state index contributed by atoms with van der Waals surface area (Å²) < 4.78 is 11.5. The van der Waals surface area contributed by atoms with Crippen molar-refractivity contribution >= 4 is 59.3 Å². The molecule has 2 N–H and O–H groups in total. The van der Waals surface area contributed by atoms with Crippen LogP contribution in [0.2, 0.25) is 0 Å². The van der Waals surface area contributed by atoms with E-state index in [9.17, 15) is 24.9 Å². The normalized spacial score (nSPS) is 16.8. The van der Waals surface area contributed by atoms with Gasteiger partial charge in [0.1, 0.15) is 62.2 Å². The number of alkyl halides is 1. The number of hydroxylamine groups is 1. The van der Waals surface area contributed by atoms with Crippen molar-refractivity contribution < 1.29 is 33.2 Å². The molecule has 0 aliphatic carbocycles. The zero-order valence-electron chi connectivity index (χ0n) is 42.3. The number of quaternary nitrogens is 1. The number of carbonyl (C=O) groups excluding carboxylic acids is 3. The molecule has 7 rings (SSSR count). The number of Topliss-reactive ketones (excluding diaryl/α,β-unsaturated/α-hetero) is 2. The van der Waals surface area contributed by atoms with E-state index in [1.54, 1.807) is 11.1 Å². The Bertz CT molecular complexity index is 2550. The second-order valence-electron chi connectivity index (χ2n) is 19.9. The molecule has 2 unspecified atom stereocenters. The molecule has 1 aromatic heterocycles. The van der Waals surface area contributed by atoms with E-state index in [0.29, 0.717) is 66.8 Å². The van der Waals surface area contributed by atoms with E-state index in [-0.39, 0.29) is 30.0 Å². The standard InChI is InChI=1S/C54H71ClN9O6S/c1-7-9-39-29-44(30-40(32-56)50(39)69-28-21-55)54(4,5)43-11-15-47(16-12-43)70-36-42-33-57-53(59-64(6,68)71)58-51(42)62-22-19-38(20-23-62)34-60-24-26-61(27-25-60)45-13-17-48-41(31-45)35-63(52(48)67)49(37(3)65)18-14-46(66)10-8-2/h11-13,15-17,29-31,33,38,49,68,71H,7-10,14,18-28,34-36H2,1-6H3,(H,57,58,59)/q+1. The zero-order valence-corrected chi connectivity index (χ0v) is 43.9. The van der Waals surface area contributed by atoms with Crippen molar-refractivity contribution in [3.8, 4) is 17.6 Å². The second kappa shape index (κ2) is 23.9. The number of ketones is 2. The van der Waals surface area contributed by atoms with E-state index < -0.39 is 15.6 Å². The van der Waals surface area contributed by atoms with Gasteiger partial charge in [-0.3, -0.25) is 19.3 Å². The number of carbonyl (C=O) groups is 3. The number of amides is 1. The fraction of sp³-hybridized carbons (Fsp3) is 0.519. The number of rotatable bonds is 23.